The standard InChI is InChI=1S/C27H30N4O6S2/c1-39(33,34)25-5-4-19(14-28-25)36-20-10-16-11-22(27-29-15-21(38-27)13-24(32)30-17-2-3-17)31-26(16)23(12-20)37-18-6-8-35-9-7-18/h4-5,10-12,14,17-18,21,31H,2-3,6-9,13,15H2,1H3,(H,30,32). The van der Waals surface area contributed by atoms with Crippen LogP contribution in [0.2, 0.25) is 0 Å². The van der Waals surface area contributed by atoms with Gasteiger partial charge in [0.25, 0.3) is 0 Å². The van der Waals surface area contributed by atoms with Crippen molar-refractivity contribution in [3.8, 4) is 17.2 Å². The Morgan fingerprint density at radius 2 is 1.97 bits per heavy atom. The molecule has 3 aromatic rings. The van der Waals surface area contributed by atoms with Crippen molar-refractivity contribution in [2.75, 3.05) is 26.0 Å². The molecule has 1 saturated heterocycles. The van der Waals surface area contributed by atoms with Crippen molar-refractivity contribution < 1.29 is 27.4 Å². The normalized spacial score (nSPS) is 20.1. The summed E-state index contributed by atoms with van der Waals surface area (Å²) in [6.45, 7) is 1.91. The smallest absolute Gasteiger partial charge is 0.221 e. The van der Waals surface area contributed by atoms with Gasteiger partial charge in [-0.1, -0.05) is 11.8 Å². The minimum Gasteiger partial charge on any atom is -0.488 e. The van der Waals surface area contributed by atoms with Crippen LogP contribution in [0.25, 0.3) is 10.9 Å². The number of carbonyl (C=O) groups excluding carboxylic acids is 1. The van der Waals surface area contributed by atoms with Crippen LogP contribution in [0.1, 0.15) is 37.8 Å². The zero-order valence-electron chi connectivity index (χ0n) is 21.5. The van der Waals surface area contributed by atoms with E-state index in [2.05, 4.69) is 15.3 Å². The van der Waals surface area contributed by atoms with Gasteiger partial charge in [0.2, 0.25) is 5.91 Å². The molecule has 2 N–H and O–H groups in total. The number of aromatic amines is 1. The van der Waals surface area contributed by atoms with Crippen LogP contribution in [0.4, 0.5) is 0 Å². The largest absolute Gasteiger partial charge is 0.488 e. The van der Waals surface area contributed by atoms with E-state index in [-0.39, 0.29) is 22.3 Å². The number of carbonyl (C=O) groups is 1. The summed E-state index contributed by atoms with van der Waals surface area (Å²) in [5.41, 5.74) is 1.71. The van der Waals surface area contributed by atoms with Crippen molar-refractivity contribution in [2.24, 2.45) is 4.99 Å². The molecule has 1 aliphatic carbocycles. The lowest BCUT2D eigenvalue weighted by molar-refractivity contribution is -0.121. The third-order valence-corrected chi connectivity index (χ3v) is 8.98. The highest BCUT2D eigenvalue weighted by atomic mass is 32.2. The van der Waals surface area contributed by atoms with Crippen molar-refractivity contribution in [2.45, 2.75) is 54.5 Å². The monoisotopic (exact) mass is 570 g/mol. The Hall–Kier alpha value is -3.09. The first kappa shape index (κ1) is 26.1. The fourth-order valence-corrected chi connectivity index (χ4v) is 6.25. The van der Waals surface area contributed by atoms with Gasteiger partial charge in [-0.15, -0.1) is 0 Å². The summed E-state index contributed by atoms with van der Waals surface area (Å²) < 4.78 is 41.5. The number of ether oxygens (including phenoxy) is 3. The zero-order chi connectivity index (χ0) is 27.0. The molecule has 3 aliphatic rings. The number of hydrogen-bond donors (Lipinski definition) is 2. The lowest BCUT2D eigenvalue weighted by Crippen LogP contribution is -2.28. The van der Waals surface area contributed by atoms with Crippen LogP contribution in [0, 0.1) is 0 Å². The molecule has 39 heavy (non-hydrogen) atoms. The molecule has 0 bridgehead atoms. The first-order valence-electron chi connectivity index (χ1n) is 13.1. The number of fused-ring (bicyclic) bond motifs is 1. The summed E-state index contributed by atoms with van der Waals surface area (Å²) in [5, 5.41) is 4.92. The Kier molecular flexibility index (Phi) is 7.25. The summed E-state index contributed by atoms with van der Waals surface area (Å²) in [7, 11) is -3.40. The van der Waals surface area contributed by atoms with E-state index in [1.807, 2.05) is 18.2 Å². The molecule has 0 radical (unpaired) electrons. The SMILES string of the molecule is CS(=O)(=O)c1ccc(Oc2cc(OC3CCOCC3)c3[nH]c(C4=NCC(CC(=O)NC5CC5)S4)cc3c2)cn1. The lowest BCUT2D eigenvalue weighted by atomic mass is 10.1. The Bertz CT molecular complexity index is 1510. The number of H-pyrrole nitrogens is 1. The molecule has 1 atom stereocenters. The molecule has 2 fully saturated rings. The second-order valence-corrected chi connectivity index (χ2v) is 13.4. The van der Waals surface area contributed by atoms with Gasteiger partial charge in [0.15, 0.2) is 14.9 Å². The van der Waals surface area contributed by atoms with E-state index in [1.165, 1.54) is 12.3 Å². The van der Waals surface area contributed by atoms with Crippen LogP contribution >= 0.6 is 11.8 Å². The highest BCUT2D eigenvalue weighted by molar-refractivity contribution is 8.15. The van der Waals surface area contributed by atoms with E-state index in [0.29, 0.717) is 49.5 Å². The van der Waals surface area contributed by atoms with Crippen molar-refractivity contribution >= 4 is 43.5 Å². The summed E-state index contributed by atoms with van der Waals surface area (Å²) in [6.07, 6.45) is 6.73. The Balaban J connectivity index is 1.24. The van der Waals surface area contributed by atoms with E-state index >= 15 is 0 Å². The van der Waals surface area contributed by atoms with Crippen LogP contribution in [-0.4, -0.2) is 72.7 Å². The van der Waals surface area contributed by atoms with E-state index in [4.69, 9.17) is 19.2 Å². The molecule has 4 heterocycles. The first-order chi connectivity index (χ1) is 18.8. The van der Waals surface area contributed by atoms with Gasteiger partial charge >= 0.3 is 0 Å². The number of hydrogen-bond acceptors (Lipinski definition) is 9. The third kappa shape index (κ3) is 6.39. The molecule has 1 amide bonds. The average molecular weight is 571 g/mol. The molecule has 206 valence electrons. The molecule has 0 spiro atoms. The quantitative estimate of drug-likeness (QED) is 0.397. The Morgan fingerprint density at radius 1 is 1.15 bits per heavy atom. The zero-order valence-corrected chi connectivity index (χ0v) is 23.1. The fraction of sp³-hybridized carbons (Fsp3) is 0.444. The van der Waals surface area contributed by atoms with E-state index in [9.17, 15) is 13.2 Å². The van der Waals surface area contributed by atoms with Crippen LogP contribution in [0.15, 0.2) is 46.5 Å². The summed E-state index contributed by atoms with van der Waals surface area (Å²) >= 11 is 1.62. The molecule has 2 aromatic heterocycles. The lowest BCUT2D eigenvalue weighted by Gasteiger charge is -2.24. The topological polar surface area (TPSA) is 132 Å². The summed E-state index contributed by atoms with van der Waals surface area (Å²) in [5.74, 6) is 1.71. The molecular weight excluding hydrogens is 540 g/mol. The average Bonchev–Trinajstić information content (AvgIpc) is 3.41. The number of rotatable bonds is 9. The minimum absolute atomic E-state index is 0.0118. The number of benzene rings is 1. The van der Waals surface area contributed by atoms with E-state index < -0.39 is 9.84 Å². The number of nitrogens with one attached hydrogen (secondary N) is 2. The highest BCUT2D eigenvalue weighted by Crippen LogP contribution is 2.37. The maximum absolute atomic E-state index is 12.3. The van der Waals surface area contributed by atoms with Crippen molar-refractivity contribution in [3.05, 3.63) is 42.2 Å². The number of thioether (sulfide) groups is 1. The molecule has 1 saturated carbocycles. The minimum atomic E-state index is -3.40. The summed E-state index contributed by atoms with van der Waals surface area (Å²) in [4.78, 5) is 24.5. The van der Waals surface area contributed by atoms with Gasteiger partial charge in [0, 0.05) is 48.3 Å². The summed E-state index contributed by atoms with van der Waals surface area (Å²) in [6, 6.07) is 9.11. The van der Waals surface area contributed by atoms with Gasteiger partial charge in [0.1, 0.15) is 28.4 Å². The molecular formula is C27H30N4O6S2. The molecule has 12 heteroatoms. The number of aliphatic imine (C=N–C) groups is 1. The maximum Gasteiger partial charge on any atom is 0.221 e. The number of amides is 1. The molecule has 6 rings (SSSR count). The fourth-order valence-electron chi connectivity index (χ4n) is 4.60. The second-order valence-electron chi connectivity index (χ2n) is 10.1. The number of nitrogens with zero attached hydrogens (tertiary/aromatic N) is 2. The van der Waals surface area contributed by atoms with Gasteiger partial charge in [-0.2, -0.15) is 0 Å². The number of pyridine rings is 1. The molecule has 1 aromatic carbocycles. The first-order valence-corrected chi connectivity index (χ1v) is 15.8. The van der Waals surface area contributed by atoms with Crippen LogP contribution in [-0.2, 0) is 19.4 Å². The van der Waals surface area contributed by atoms with Gasteiger partial charge in [-0.3, -0.25) is 9.79 Å². The van der Waals surface area contributed by atoms with E-state index in [1.54, 1.807) is 17.8 Å². The third-order valence-electron chi connectivity index (χ3n) is 6.76. The van der Waals surface area contributed by atoms with Gasteiger partial charge in [0.05, 0.1) is 37.2 Å². The number of aromatic nitrogens is 2. The molecule has 2 aliphatic heterocycles. The van der Waals surface area contributed by atoms with Crippen LogP contribution in [0.3, 0.4) is 0 Å². The van der Waals surface area contributed by atoms with Crippen molar-refractivity contribution in [1.82, 2.24) is 15.3 Å². The molecule has 1 unspecified atom stereocenters. The second kappa shape index (κ2) is 10.8. The predicted molar refractivity (Wildman–Crippen MR) is 149 cm³/mol. The molecule has 10 nitrogen and oxygen atoms in total. The van der Waals surface area contributed by atoms with Gasteiger partial charge < -0.3 is 24.5 Å². The van der Waals surface area contributed by atoms with Crippen LogP contribution in [0.5, 0.6) is 17.2 Å². The Labute approximate surface area is 230 Å². The van der Waals surface area contributed by atoms with Crippen LogP contribution < -0.4 is 14.8 Å². The number of sulfone groups is 1. The van der Waals surface area contributed by atoms with Gasteiger partial charge in [-0.25, -0.2) is 13.4 Å². The van der Waals surface area contributed by atoms with Crippen molar-refractivity contribution in [3.63, 3.8) is 0 Å². The predicted octanol–water partition coefficient (Wildman–Crippen LogP) is 3.85. The van der Waals surface area contributed by atoms with Gasteiger partial charge in [-0.05, 0) is 37.1 Å². The Morgan fingerprint density at radius 3 is 2.69 bits per heavy atom. The maximum atomic E-state index is 12.3. The highest BCUT2D eigenvalue weighted by Gasteiger charge is 2.28. The van der Waals surface area contributed by atoms with Crippen molar-refractivity contribution in [1.29, 1.82) is 0 Å². The van der Waals surface area contributed by atoms with E-state index in [0.717, 1.165) is 53.6 Å².